The molecule has 0 fully saturated rings. The normalized spacial score (nSPS) is 12.7. The fourth-order valence-corrected chi connectivity index (χ4v) is 2.16. The second kappa shape index (κ2) is 8.02. The lowest BCUT2D eigenvalue weighted by molar-refractivity contribution is 0.0975. The molecule has 0 spiro atoms. The summed E-state index contributed by atoms with van der Waals surface area (Å²) in [5.41, 5.74) is 7.78. The number of hydrogen-bond acceptors (Lipinski definition) is 4. The van der Waals surface area contributed by atoms with Gasteiger partial charge in [-0.25, -0.2) is 0 Å². The Morgan fingerprint density at radius 2 is 2.05 bits per heavy atom. The Labute approximate surface area is 116 Å². The highest BCUT2D eigenvalue weighted by atomic mass is 16.5. The lowest BCUT2D eigenvalue weighted by Gasteiger charge is -2.28. The predicted octanol–water partition coefficient (Wildman–Crippen LogP) is 2.52. The zero-order chi connectivity index (χ0) is 14.3. The first-order valence-electron chi connectivity index (χ1n) is 6.86. The second-order valence-electron chi connectivity index (χ2n) is 4.67. The lowest BCUT2D eigenvalue weighted by atomic mass is 10.1. The van der Waals surface area contributed by atoms with E-state index in [1.54, 1.807) is 7.11 Å². The van der Waals surface area contributed by atoms with Gasteiger partial charge in [-0.2, -0.15) is 0 Å². The number of nitrogens with zero attached hydrogens (tertiary/aromatic N) is 1. The van der Waals surface area contributed by atoms with E-state index in [1.165, 1.54) is 0 Å². The number of rotatable bonds is 8. The lowest BCUT2D eigenvalue weighted by Crippen LogP contribution is -2.35. The summed E-state index contributed by atoms with van der Waals surface area (Å²) in [7, 11) is 1.73. The van der Waals surface area contributed by atoms with Crippen LogP contribution in [-0.2, 0) is 11.3 Å². The fourth-order valence-electron chi connectivity index (χ4n) is 2.16. The Morgan fingerprint density at radius 1 is 1.32 bits per heavy atom. The summed E-state index contributed by atoms with van der Waals surface area (Å²) in [5, 5.41) is 0. The van der Waals surface area contributed by atoms with Crippen LogP contribution >= 0.6 is 0 Å². The van der Waals surface area contributed by atoms with Crippen molar-refractivity contribution in [2.24, 2.45) is 0 Å². The van der Waals surface area contributed by atoms with Crippen LogP contribution in [0.15, 0.2) is 18.2 Å². The van der Waals surface area contributed by atoms with Crippen molar-refractivity contribution in [1.29, 1.82) is 0 Å². The zero-order valence-electron chi connectivity index (χ0n) is 12.5. The van der Waals surface area contributed by atoms with Gasteiger partial charge < -0.3 is 15.2 Å². The predicted molar refractivity (Wildman–Crippen MR) is 79.4 cm³/mol. The molecule has 4 nitrogen and oxygen atoms in total. The van der Waals surface area contributed by atoms with E-state index in [0.717, 1.165) is 36.7 Å². The summed E-state index contributed by atoms with van der Waals surface area (Å²) in [6.07, 6.45) is 0. The van der Waals surface area contributed by atoms with Crippen molar-refractivity contribution >= 4 is 5.69 Å². The Hall–Kier alpha value is -1.26. The van der Waals surface area contributed by atoms with Crippen LogP contribution in [0.1, 0.15) is 26.3 Å². The van der Waals surface area contributed by atoms with Crippen molar-refractivity contribution in [1.82, 2.24) is 4.90 Å². The van der Waals surface area contributed by atoms with E-state index in [1.807, 2.05) is 25.1 Å². The molecule has 19 heavy (non-hydrogen) atoms. The van der Waals surface area contributed by atoms with Gasteiger partial charge in [-0.15, -0.1) is 0 Å². The van der Waals surface area contributed by atoms with Gasteiger partial charge in [0.15, 0.2) is 0 Å². The topological polar surface area (TPSA) is 47.7 Å². The van der Waals surface area contributed by atoms with Gasteiger partial charge in [0.1, 0.15) is 5.75 Å². The average molecular weight is 266 g/mol. The Balaban J connectivity index is 2.85. The number of nitrogen functional groups attached to an aromatic ring is 1. The van der Waals surface area contributed by atoms with E-state index >= 15 is 0 Å². The van der Waals surface area contributed by atoms with Crippen LogP contribution in [-0.4, -0.2) is 37.8 Å². The quantitative estimate of drug-likeness (QED) is 0.735. The van der Waals surface area contributed by atoms with Crippen LogP contribution in [0.4, 0.5) is 5.69 Å². The standard InChI is InChI=1S/C15H26N2O2/c1-5-17(12(3)11-18-4)10-13-9-14(16)7-8-15(13)19-6-2/h7-9,12H,5-6,10-11,16H2,1-4H3. The molecule has 0 bridgehead atoms. The molecule has 1 rings (SSSR count). The summed E-state index contributed by atoms with van der Waals surface area (Å²) in [4.78, 5) is 2.35. The molecule has 0 aliphatic rings. The first-order chi connectivity index (χ1) is 9.12. The Bertz CT molecular complexity index is 382. The highest BCUT2D eigenvalue weighted by molar-refractivity contribution is 5.47. The van der Waals surface area contributed by atoms with Gasteiger partial charge in [-0.1, -0.05) is 6.92 Å². The minimum Gasteiger partial charge on any atom is -0.494 e. The van der Waals surface area contributed by atoms with Crippen molar-refractivity contribution in [3.8, 4) is 5.75 Å². The number of likely N-dealkylation sites (N-methyl/N-ethyl adjacent to an activating group) is 1. The summed E-state index contributed by atoms with van der Waals surface area (Å²) in [6.45, 7) is 9.48. The van der Waals surface area contributed by atoms with Crippen LogP contribution in [0.25, 0.3) is 0 Å². The van der Waals surface area contributed by atoms with Gasteiger partial charge in [0.25, 0.3) is 0 Å². The number of nitrogens with two attached hydrogens (primary N) is 1. The molecule has 1 aromatic rings. The first-order valence-corrected chi connectivity index (χ1v) is 6.86. The van der Waals surface area contributed by atoms with E-state index in [9.17, 15) is 0 Å². The molecule has 0 aliphatic carbocycles. The van der Waals surface area contributed by atoms with Crippen LogP contribution in [0.2, 0.25) is 0 Å². The van der Waals surface area contributed by atoms with Gasteiger partial charge in [0.2, 0.25) is 0 Å². The molecule has 4 heteroatoms. The van der Waals surface area contributed by atoms with Gasteiger partial charge in [-0.05, 0) is 38.6 Å². The highest BCUT2D eigenvalue weighted by Crippen LogP contribution is 2.23. The molecule has 0 amide bonds. The molecule has 108 valence electrons. The SMILES string of the molecule is CCOc1ccc(N)cc1CN(CC)C(C)COC. The van der Waals surface area contributed by atoms with Gasteiger partial charge in [0, 0.05) is 30.9 Å². The largest absolute Gasteiger partial charge is 0.494 e. The van der Waals surface area contributed by atoms with Crippen LogP contribution in [0.3, 0.4) is 0 Å². The Kier molecular flexibility index (Phi) is 6.67. The number of anilines is 1. The number of benzene rings is 1. The number of methoxy groups -OCH3 is 1. The minimum absolute atomic E-state index is 0.367. The first kappa shape index (κ1) is 15.8. The summed E-state index contributed by atoms with van der Waals surface area (Å²) in [6, 6.07) is 6.19. The molecule has 0 aromatic heterocycles. The van der Waals surface area contributed by atoms with Gasteiger partial charge in [-0.3, -0.25) is 4.90 Å². The molecule has 2 N–H and O–H groups in total. The average Bonchev–Trinajstić information content (AvgIpc) is 2.39. The van der Waals surface area contributed by atoms with E-state index < -0.39 is 0 Å². The smallest absolute Gasteiger partial charge is 0.123 e. The minimum atomic E-state index is 0.367. The molecule has 0 aliphatic heterocycles. The maximum atomic E-state index is 5.88. The van der Waals surface area contributed by atoms with E-state index in [2.05, 4.69) is 18.7 Å². The van der Waals surface area contributed by atoms with E-state index in [0.29, 0.717) is 12.6 Å². The third kappa shape index (κ3) is 4.73. The third-order valence-corrected chi connectivity index (χ3v) is 3.20. The molecule has 0 saturated heterocycles. The number of ether oxygens (including phenoxy) is 2. The summed E-state index contributed by atoms with van der Waals surface area (Å²) < 4.78 is 10.9. The molecule has 0 radical (unpaired) electrons. The zero-order valence-corrected chi connectivity index (χ0v) is 12.5. The second-order valence-corrected chi connectivity index (χ2v) is 4.67. The maximum absolute atomic E-state index is 5.88. The summed E-state index contributed by atoms with van der Waals surface area (Å²) >= 11 is 0. The molecule has 1 aromatic carbocycles. The van der Waals surface area contributed by atoms with Crippen LogP contribution < -0.4 is 10.5 Å². The van der Waals surface area contributed by atoms with Crippen molar-refractivity contribution in [3.05, 3.63) is 23.8 Å². The van der Waals surface area contributed by atoms with Crippen molar-refractivity contribution < 1.29 is 9.47 Å². The Morgan fingerprint density at radius 3 is 2.63 bits per heavy atom. The monoisotopic (exact) mass is 266 g/mol. The van der Waals surface area contributed by atoms with Crippen molar-refractivity contribution in [2.75, 3.05) is 32.6 Å². The van der Waals surface area contributed by atoms with E-state index in [4.69, 9.17) is 15.2 Å². The highest BCUT2D eigenvalue weighted by Gasteiger charge is 2.15. The molecular formula is C15H26N2O2. The van der Waals surface area contributed by atoms with E-state index in [-0.39, 0.29) is 0 Å². The molecule has 1 unspecified atom stereocenters. The molecular weight excluding hydrogens is 240 g/mol. The van der Waals surface area contributed by atoms with Gasteiger partial charge in [0.05, 0.1) is 13.2 Å². The van der Waals surface area contributed by atoms with Gasteiger partial charge >= 0.3 is 0 Å². The van der Waals surface area contributed by atoms with Crippen LogP contribution in [0.5, 0.6) is 5.75 Å². The third-order valence-electron chi connectivity index (χ3n) is 3.20. The van der Waals surface area contributed by atoms with Crippen molar-refractivity contribution in [3.63, 3.8) is 0 Å². The molecule has 0 saturated carbocycles. The number of hydrogen-bond donors (Lipinski definition) is 1. The molecule has 0 heterocycles. The fraction of sp³-hybridized carbons (Fsp3) is 0.600. The van der Waals surface area contributed by atoms with Crippen molar-refractivity contribution in [2.45, 2.75) is 33.4 Å². The van der Waals surface area contributed by atoms with Crippen LogP contribution in [0, 0.1) is 0 Å². The maximum Gasteiger partial charge on any atom is 0.123 e. The molecule has 1 atom stereocenters. The summed E-state index contributed by atoms with van der Waals surface area (Å²) in [5.74, 6) is 0.916.